The number of ether oxygens (including phenoxy) is 3. The first kappa shape index (κ1) is 29.7. The molecule has 224 valence electrons. The number of para-hydroxylation sites is 1. The molecule has 0 atom stereocenters. The van der Waals surface area contributed by atoms with Gasteiger partial charge in [0.05, 0.1) is 24.2 Å². The molecule has 43 heavy (non-hydrogen) atoms. The summed E-state index contributed by atoms with van der Waals surface area (Å²) in [5.41, 5.74) is 9.56. The number of nitrogens with one attached hydrogen (secondary N) is 1. The largest absolute Gasteiger partial charge is 0.492 e. The highest BCUT2D eigenvalue weighted by Crippen LogP contribution is 2.32. The van der Waals surface area contributed by atoms with Crippen LogP contribution in [-0.2, 0) is 24.3 Å². The number of hydrogen-bond donors (Lipinski definition) is 2. The Morgan fingerprint density at radius 2 is 1.63 bits per heavy atom. The summed E-state index contributed by atoms with van der Waals surface area (Å²) in [7, 11) is 0. The van der Waals surface area contributed by atoms with E-state index in [4.69, 9.17) is 24.9 Å². The van der Waals surface area contributed by atoms with Crippen LogP contribution in [0.15, 0.2) is 78.9 Å². The van der Waals surface area contributed by atoms with Crippen LogP contribution in [0.5, 0.6) is 11.5 Å². The molecule has 9 nitrogen and oxygen atoms in total. The minimum atomic E-state index is -0.407. The van der Waals surface area contributed by atoms with Crippen molar-refractivity contribution in [2.24, 2.45) is 0 Å². The molecule has 0 saturated carbocycles. The Morgan fingerprint density at radius 1 is 0.884 bits per heavy atom. The van der Waals surface area contributed by atoms with E-state index >= 15 is 0 Å². The summed E-state index contributed by atoms with van der Waals surface area (Å²) < 4.78 is 19.6. The number of hydrogen-bond acceptors (Lipinski definition) is 7. The number of benzene rings is 3. The SMILES string of the molecule is CC(C)(C)NC(=O)OCCCCc1nc2c(N)nc3cc(OCc4ccccc4)ccc3c2n1CCOc1ccccc1. The van der Waals surface area contributed by atoms with E-state index in [0.717, 1.165) is 45.7 Å². The van der Waals surface area contributed by atoms with Crippen molar-refractivity contribution in [2.45, 2.75) is 58.7 Å². The first-order valence-electron chi connectivity index (χ1n) is 14.6. The average Bonchev–Trinajstić information content (AvgIpc) is 3.35. The molecular weight excluding hydrogens is 542 g/mol. The van der Waals surface area contributed by atoms with Gasteiger partial charge in [-0.05, 0) is 63.4 Å². The van der Waals surface area contributed by atoms with Crippen molar-refractivity contribution in [3.8, 4) is 11.5 Å². The Bertz CT molecular complexity index is 1660. The number of nitrogens with two attached hydrogens (primary N) is 1. The fourth-order valence-electron chi connectivity index (χ4n) is 4.86. The second-order valence-electron chi connectivity index (χ2n) is 11.5. The topological polar surface area (TPSA) is 114 Å². The molecule has 3 N–H and O–H groups in total. The third-order valence-corrected chi connectivity index (χ3v) is 6.83. The third kappa shape index (κ3) is 7.94. The van der Waals surface area contributed by atoms with Gasteiger partial charge in [-0.25, -0.2) is 14.8 Å². The third-order valence-electron chi connectivity index (χ3n) is 6.83. The van der Waals surface area contributed by atoms with E-state index in [1.165, 1.54) is 0 Å². The van der Waals surface area contributed by atoms with E-state index in [1.807, 2.05) is 99.6 Å². The Balaban J connectivity index is 1.36. The molecule has 2 aromatic heterocycles. The summed E-state index contributed by atoms with van der Waals surface area (Å²) >= 11 is 0. The van der Waals surface area contributed by atoms with Crippen molar-refractivity contribution < 1.29 is 19.0 Å². The highest BCUT2D eigenvalue weighted by atomic mass is 16.5. The standard InChI is InChI=1S/C34H39N5O4/c1-34(2,3)38-33(40)42-20-11-10-16-29-37-30-31(39(29)19-21-41-25-14-8-5-9-15-25)27-18-17-26(22-28(27)36-32(30)35)43-23-24-12-6-4-7-13-24/h4-9,12-15,17-18,22H,10-11,16,19-21,23H2,1-3H3,(H2,35,36)(H,38,40). The van der Waals surface area contributed by atoms with Gasteiger partial charge in [0, 0.05) is 23.4 Å². The lowest BCUT2D eigenvalue weighted by molar-refractivity contribution is 0.135. The maximum absolute atomic E-state index is 12.0. The number of imidazole rings is 1. The number of carbonyl (C=O) groups excluding carboxylic acids is 1. The van der Waals surface area contributed by atoms with Crippen LogP contribution in [-0.4, -0.2) is 39.4 Å². The molecule has 0 fully saturated rings. The molecule has 5 rings (SSSR count). The van der Waals surface area contributed by atoms with Crippen LogP contribution in [0.2, 0.25) is 0 Å². The molecule has 0 bridgehead atoms. The summed E-state index contributed by atoms with van der Waals surface area (Å²) in [5, 5.41) is 3.75. The quantitative estimate of drug-likeness (QED) is 0.158. The van der Waals surface area contributed by atoms with Gasteiger partial charge in [-0.3, -0.25) is 0 Å². The summed E-state index contributed by atoms with van der Waals surface area (Å²) in [6.07, 6.45) is 1.77. The lowest BCUT2D eigenvalue weighted by atomic mass is 10.1. The molecule has 2 heterocycles. The van der Waals surface area contributed by atoms with Gasteiger partial charge in [0.2, 0.25) is 0 Å². The second kappa shape index (κ2) is 13.5. The van der Waals surface area contributed by atoms with E-state index in [9.17, 15) is 4.79 Å². The number of nitrogens with zero attached hydrogens (tertiary/aromatic N) is 3. The fourth-order valence-corrected chi connectivity index (χ4v) is 4.86. The number of anilines is 1. The van der Waals surface area contributed by atoms with Crippen LogP contribution in [0.1, 0.15) is 45.0 Å². The van der Waals surface area contributed by atoms with Crippen LogP contribution in [0, 0.1) is 0 Å². The van der Waals surface area contributed by atoms with Crippen LogP contribution < -0.4 is 20.5 Å². The van der Waals surface area contributed by atoms with Crippen molar-refractivity contribution in [2.75, 3.05) is 18.9 Å². The van der Waals surface area contributed by atoms with Crippen molar-refractivity contribution >= 4 is 33.8 Å². The van der Waals surface area contributed by atoms with Crippen LogP contribution in [0.25, 0.3) is 21.9 Å². The molecular formula is C34H39N5O4. The van der Waals surface area contributed by atoms with Crippen molar-refractivity contribution in [3.63, 3.8) is 0 Å². The summed E-state index contributed by atoms with van der Waals surface area (Å²) in [6, 6.07) is 25.7. The number of fused-ring (bicyclic) bond motifs is 3. The summed E-state index contributed by atoms with van der Waals surface area (Å²) in [4.78, 5) is 21.6. The number of pyridine rings is 1. The predicted octanol–water partition coefficient (Wildman–Crippen LogP) is 6.67. The summed E-state index contributed by atoms with van der Waals surface area (Å²) in [6.45, 7) is 7.59. The Hall–Kier alpha value is -4.79. The van der Waals surface area contributed by atoms with Gasteiger partial charge in [0.25, 0.3) is 0 Å². The number of aromatic nitrogens is 3. The molecule has 3 aromatic carbocycles. The highest BCUT2D eigenvalue weighted by Gasteiger charge is 2.19. The minimum Gasteiger partial charge on any atom is -0.492 e. The number of amides is 1. The molecule has 5 aromatic rings. The van der Waals surface area contributed by atoms with Crippen molar-refractivity contribution in [1.29, 1.82) is 0 Å². The fraction of sp³-hybridized carbons (Fsp3) is 0.324. The van der Waals surface area contributed by atoms with E-state index < -0.39 is 6.09 Å². The van der Waals surface area contributed by atoms with Crippen molar-refractivity contribution in [3.05, 3.63) is 90.3 Å². The van der Waals surface area contributed by atoms with Crippen molar-refractivity contribution in [1.82, 2.24) is 19.9 Å². The second-order valence-corrected chi connectivity index (χ2v) is 11.5. The molecule has 0 spiro atoms. The van der Waals surface area contributed by atoms with Gasteiger partial charge >= 0.3 is 6.09 Å². The molecule has 0 saturated heterocycles. The van der Waals surface area contributed by atoms with Crippen LogP contribution >= 0.6 is 0 Å². The van der Waals surface area contributed by atoms with Gasteiger partial charge in [-0.1, -0.05) is 48.5 Å². The molecule has 0 radical (unpaired) electrons. The van der Waals surface area contributed by atoms with Gasteiger partial charge in [0.15, 0.2) is 5.82 Å². The number of unbranched alkanes of at least 4 members (excludes halogenated alkanes) is 1. The average molecular weight is 582 g/mol. The van der Waals surface area contributed by atoms with E-state index in [-0.39, 0.29) is 5.54 Å². The molecule has 0 aliphatic heterocycles. The predicted molar refractivity (Wildman–Crippen MR) is 169 cm³/mol. The zero-order valence-electron chi connectivity index (χ0n) is 25.0. The molecule has 0 unspecified atom stereocenters. The number of aryl methyl sites for hydroxylation is 1. The number of alkyl carbamates (subject to hydrolysis) is 1. The maximum atomic E-state index is 12.0. The van der Waals surface area contributed by atoms with E-state index in [1.54, 1.807) is 0 Å². The van der Waals surface area contributed by atoms with E-state index in [2.05, 4.69) is 14.9 Å². The van der Waals surface area contributed by atoms with Crippen LogP contribution in [0.3, 0.4) is 0 Å². The van der Waals surface area contributed by atoms with Crippen LogP contribution in [0.4, 0.5) is 10.6 Å². The molecule has 0 aliphatic carbocycles. The van der Waals surface area contributed by atoms with Gasteiger partial charge in [0.1, 0.15) is 36.1 Å². The normalized spacial score (nSPS) is 11.5. The summed E-state index contributed by atoms with van der Waals surface area (Å²) in [5.74, 6) is 2.78. The molecule has 0 aliphatic rings. The monoisotopic (exact) mass is 581 g/mol. The molecule has 9 heteroatoms. The van der Waals surface area contributed by atoms with Gasteiger partial charge in [-0.15, -0.1) is 0 Å². The Kier molecular flexibility index (Phi) is 9.29. The zero-order chi connectivity index (χ0) is 30.2. The highest BCUT2D eigenvalue weighted by molar-refractivity contribution is 6.07. The van der Waals surface area contributed by atoms with Gasteiger partial charge in [-0.2, -0.15) is 0 Å². The first-order valence-corrected chi connectivity index (χ1v) is 14.6. The Morgan fingerprint density at radius 3 is 2.37 bits per heavy atom. The molecule has 1 amide bonds. The lowest BCUT2D eigenvalue weighted by Crippen LogP contribution is -2.41. The first-order chi connectivity index (χ1) is 20.8. The zero-order valence-corrected chi connectivity index (χ0v) is 25.0. The lowest BCUT2D eigenvalue weighted by Gasteiger charge is -2.19. The number of nitrogen functional groups attached to an aromatic ring is 1. The smallest absolute Gasteiger partial charge is 0.407 e. The Labute approximate surface area is 252 Å². The number of rotatable bonds is 12. The van der Waals surface area contributed by atoms with Gasteiger partial charge < -0.3 is 29.8 Å². The minimum absolute atomic E-state index is 0.331. The number of carbonyl (C=O) groups is 1. The van der Waals surface area contributed by atoms with E-state index in [0.29, 0.717) is 50.5 Å². The maximum Gasteiger partial charge on any atom is 0.407 e.